The third kappa shape index (κ3) is 2.56. The van der Waals surface area contributed by atoms with E-state index in [4.69, 9.17) is 4.74 Å². The number of carbonyl (C=O) groups excluding carboxylic acids is 1. The minimum absolute atomic E-state index is 0.131. The fourth-order valence-electron chi connectivity index (χ4n) is 1.31. The van der Waals surface area contributed by atoms with Crippen LogP contribution in [0.5, 0.6) is 0 Å². The van der Waals surface area contributed by atoms with Crippen LogP contribution in [0.2, 0.25) is 0 Å². The second-order valence-corrected chi connectivity index (χ2v) is 4.41. The van der Waals surface area contributed by atoms with Crippen LogP contribution in [0.4, 0.5) is 0 Å². The molecular formula is C10H13NO2S. The van der Waals surface area contributed by atoms with Gasteiger partial charge in [-0.2, -0.15) is 0 Å². The van der Waals surface area contributed by atoms with Gasteiger partial charge in [0.2, 0.25) is 5.91 Å². The third-order valence-corrected chi connectivity index (χ3v) is 3.12. The second kappa shape index (κ2) is 4.57. The van der Waals surface area contributed by atoms with Crippen molar-refractivity contribution in [2.24, 2.45) is 0 Å². The molecule has 1 amide bonds. The molecule has 2 rings (SSSR count). The Balaban J connectivity index is 1.67. The fraction of sp³-hybridized carbons (Fsp3) is 0.500. The number of carbonyl (C=O) groups is 1. The molecule has 0 saturated carbocycles. The molecule has 76 valence electrons. The summed E-state index contributed by atoms with van der Waals surface area (Å²) >= 11 is 1.70. The number of thiophene rings is 1. The Kier molecular flexibility index (Phi) is 3.16. The topological polar surface area (TPSA) is 38.3 Å². The number of amides is 1. The monoisotopic (exact) mass is 211 g/mol. The molecule has 1 aromatic heterocycles. The van der Waals surface area contributed by atoms with Gasteiger partial charge in [0.05, 0.1) is 19.3 Å². The Hall–Kier alpha value is -0.870. The van der Waals surface area contributed by atoms with Gasteiger partial charge in [0, 0.05) is 11.3 Å². The maximum absolute atomic E-state index is 11.4. The van der Waals surface area contributed by atoms with Crippen molar-refractivity contribution < 1.29 is 9.53 Å². The fourth-order valence-corrected chi connectivity index (χ4v) is 2.02. The molecule has 1 saturated heterocycles. The van der Waals surface area contributed by atoms with E-state index in [2.05, 4.69) is 11.4 Å². The van der Waals surface area contributed by atoms with Gasteiger partial charge in [0.1, 0.15) is 0 Å². The van der Waals surface area contributed by atoms with E-state index in [0.29, 0.717) is 19.6 Å². The first-order valence-corrected chi connectivity index (χ1v) is 5.62. The highest BCUT2D eigenvalue weighted by atomic mass is 32.1. The van der Waals surface area contributed by atoms with E-state index >= 15 is 0 Å². The van der Waals surface area contributed by atoms with Gasteiger partial charge in [0.25, 0.3) is 0 Å². The maximum atomic E-state index is 11.4. The van der Waals surface area contributed by atoms with Crippen LogP contribution in [0, 0.1) is 0 Å². The SMILES string of the molecule is O=C(CCc1cccs1)NC1COC1. The van der Waals surface area contributed by atoms with Crippen molar-refractivity contribution in [3.05, 3.63) is 22.4 Å². The van der Waals surface area contributed by atoms with Crippen molar-refractivity contribution in [2.45, 2.75) is 18.9 Å². The summed E-state index contributed by atoms with van der Waals surface area (Å²) in [7, 11) is 0. The van der Waals surface area contributed by atoms with Crippen molar-refractivity contribution in [3.63, 3.8) is 0 Å². The van der Waals surface area contributed by atoms with Crippen LogP contribution in [0.25, 0.3) is 0 Å². The highest BCUT2D eigenvalue weighted by molar-refractivity contribution is 7.09. The van der Waals surface area contributed by atoms with E-state index < -0.39 is 0 Å². The van der Waals surface area contributed by atoms with Gasteiger partial charge in [-0.05, 0) is 17.9 Å². The summed E-state index contributed by atoms with van der Waals surface area (Å²) in [6.45, 7) is 1.34. The van der Waals surface area contributed by atoms with Crippen molar-refractivity contribution in [1.29, 1.82) is 0 Å². The third-order valence-electron chi connectivity index (χ3n) is 2.18. The maximum Gasteiger partial charge on any atom is 0.220 e. The summed E-state index contributed by atoms with van der Waals surface area (Å²) in [5, 5.41) is 4.95. The van der Waals surface area contributed by atoms with Gasteiger partial charge in [0.15, 0.2) is 0 Å². The van der Waals surface area contributed by atoms with E-state index in [1.807, 2.05) is 11.4 Å². The lowest BCUT2D eigenvalue weighted by Crippen LogP contribution is -2.48. The predicted octanol–water partition coefficient (Wildman–Crippen LogP) is 1.20. The molecule has 1 fully saturated rings. The number of hydrogen-bond donors (Lipinski definition) is 1. The predicted molar refractivity (Wildman–Crippen MR) is 55.4 cm³/mol. The van der Waals surface area contributed by atoms with Crippen LogP contribution >= 0.6 is 11.3 Å². The smallest absolute Gasteiger partial charge is 0.220 e. The quantitative estimate of drug-likeness (QED) is 0.812. The number of rotatable bonds is 4. The molecule has 0 spiro atoms. The van der Waals surface area contributed by atoms with E-state index in [-0.39, 0.29) is 11.9 Å². The van der Waals surface area contributed by atoms with E-state index in [1.54, 1.807) is 11.3 Å². The molecule has 0 atom stereocenters. The molecule has 0 aliphatic carbocycles. The lowest BCUT2D eigenvalue weighted by Gasteiger charge is -2.26. The summed E-state index contributed by atoms with van der Waals surface area (Å²) < 4.78 is 4.97. The highest BCUT2D eigenvalue weighted by Gasteiger charge is 2.19. The molecule has 0 unspecified atom stereocenters. The Bertz CT molecular complexity index is 293. The van der Waals surface area contributed by atoms with Crippen LogP contribution < -0.4 is 5.32 Å². The lowest BCUT2D eigenvalue weighted by atomic mass is 10.2. The van der Waals surface area contributed by atoms with Crippen LogP contribution in [-0.2, 0) is 16.0 Å². The van der Waals surface area contributed by atoms with Gasteiger partial charge >= 0.3 is 0 Å². The van der Waals surface area contributed by atoms with E-state index in [9.17, 15) is 4.79 Å². The van der Waals surface area contributed by atoms with Crippen LogP contribution in [-0.4, -0.2) is 25.2 Å². The first-order valence-electron chi connectivity index (χ1n) is 4.74. The molecule has 3 nitrogen and oxygen atoms in total. The zero-order valence-electron chi connectivity index (χ0n) is 7.86. The molecule has 4 heteroatoms. The Morgan fingerprint density at radius 3 is 3.07 bits per heavy atom. The van der Waals surface area contributed by atoms with Gasteiger partial charge < -0.3 is 10.1 Å². The molecular weight excluding hydrogens is 198 g/mol. The highest BCUT2D eigenvalue weighted by Crippen LogP contribution is 2.11. The average Bonchev–Trinajstić information content (AvgIpc) is 2.60. The van der Waals surface area contributed by atoms with Crippen LogP contribution in [0.15, 0.2) is 17.5 Å². The normalized spacial score (nSPS) is 16.3. The molecule has 1 aliphatic rings. The molecule has 0 radical (unpaired) electrons. The summed E-state index contributed by atoms with van der Waals surface area (Å²) in [5.74, 6) is 0.131. The Morgan fingerprint density at radius 2 is 2.50 bits per heavy atom. The van der Waals surface area contributed by atoms with Crippen LogP contribution in [0.1, 0.15) is 11.3 Å². The first kappa shape index (κ1) is 9.68. The minimum Gasteiger partial charge on any atom is -0.377 e. The van der Waals surface area contributed by atoms with Crippen molar-refractivity contribution >= 4 is 17.2 Å². The summed E-state index contributed by atoms with van der Waals surface area (Å²) in [6.07, 6.45) is 1.42. The van der Waals surface area contributed by atoms with Gasteiger partial charge in [-0.15, -0.1) is 11.3 Å². The molecule has 1 N–H and O–H groups in total. The molecule has 2 heterocycles. The molecule has 1 aromatic rings. The summed E-state index contributed by atoms with van der Waals surface area (Å²) in [5.41, 5.74) is 0. The van der Waals surface area contributed by atoms with Gasteiger partial charge in [-0.1, -0.05) is 6.07 Å². The second-order valence-electron chi connectivity index (χ2n) is 3.38. The van der Waals surface area contributed by atoms with Gasteiger partial charge in [-0.25, -0.2) is 0 Å². The van der Waals surface area contributed by atoms with Crippen molar-refractivity contribution in [2.75, 3.05) is 13.2 Å². The first-order chi connectivity index (χ1) is 6.84. The van der Waals surface area contributed by atoms with E-state index in [0.717, 1.165) is 6.42 Å². The van der Waals surface area contributed by atoms with Crippen molar-refractivity contribution in [1.82, 2.24) is 5.32 Å². The zero-order valence-corrected chi connectivity index (χ0v) is 8.68. The Morgan fingerprint density at radius 1 is 1.64 bits per heavy atom. The molecule has 14 heavy (non-hydrogen) atoms. The zero-order chi connectivity index (χ0) is 9.80. The molecule has 0 aromatic carbocycles. The molecule has 1 aliphatic heterocycles. The van der Waals surface area contributed by atoms with Crippen molar-refractivity contribution in [3.8, 4) is 0 Å². The lowest BCUT2D eigenvalue weighted by molar-refractivity contribution is -0.125. The summed E-state index contributed by atoms with van der Waals surface area (Å²) in [4.78, 5) is 12.6. The minimum atomic E-state index is 0.131. The largest absolute Gasteiger partial charge is 0.377 e. The number of hydrogen-bond acceptors (Lipinski definition) is 3. The number of aryl methyl sites for hydroxylation is 1. The average molecular weight is 211 g/mol. The van der Waals surface area contributed by atoms with E-state index in [1.165, 1.54) is 4.88 Å². The number of ether oxygens (including phenoxy) is 1. The standard InChI is InChI=1S/C10H13NO2S/c12-10(11-8-6-13-7-8)4-3-9-2-1-5-14-9/h1-2,5,8H,3-4,6-7H2,(H,11,12). The Labute approximate surface area is 87.1 Å². The van der Waals surface area contributed by atoms with Crippen LogP contribution in [0.3, 0.4) is 0 Å². The molecule has 0 bridgehead atoms. The summed E-state index contributed by atoms with van der Waals surface area (Å²) in [6, 6.07) is 4.33. The number of nitrogens with one attached hydrogen (secondary N) is 1. The van der Waals surface area contributed by atoms with Gasteiger partial charge in [-0.3, -0.25) is 4.79 Å².